The Hall–Kier alpha value is -1.53. The van der Waals surface area contributed by atoms with Gasteiger partial charge in [-0.25, -0.2) is 4.98 Å². The van der Waals surface area contributed by atoms with Gasteiger partial charge in [-0.2, -0.15) is 4.39 Å². The van der Waals surface area contributed by atoms with Crippen LogP contribution in [-0.2, 0) is 0 Å². The molecule has 1 amide bonds. The molecule has 1 rings (SSSR count). The van der Waals surface area contributed by atoms with E-state index in [0.717, 1.165) is 0 Å². The lowest BCUT2D eigenvalue weighted by Crippen LogP contribution is -2.43. The van der Waals surface area contributed by atoms with E-state index in [4.69, 9.17) is 5.11 Å². The Balaban J connectivity index is 2.64. The first-order chi connectivity index (χ1) is 7.46. The molecular weight excluding hydrogens is 215 g/mol. The second-order valence-electron chi connectivity index (χ2n) is 3.68. The summed E-state index contributed by atoms with van der Waals surface area (Å²) in [4.78, 5) is 14.8. The van der Waals surface area contributed by atoms with E-state index in [9.17, 15) is 14.3 Å². The van der Waals surface area contributed by atoms with E-state index in [0.29, 0.717) is 0 Å². The van der Waals surface area contributed by atoms with Gasteiger partial charge in [0.25, 0.3) is 5.91 Å². The SMILES string of the molecule is CC(O)(CO)CNC(=O)c1cccnc1F. The molecular formula is C10H13FN2O3. The van der Waals surface area contributed by atoms with Crippen molar-refractivity contribution in [3.05, 3.63) is 29.8 Å². The molecule has 0 saturated carbocycles. The van der Waals surface area contributed by atoms with Crippen LogP contribution in [0.4, 0.5) is 4.39 Å². The number of carbonyl (C=O) groups excluding carboxylic acids is 1. The van der Waals surface area contributed by atoms with E-state index in [2.05, 4.69) is 10.3 Å². The molecule has 0 aliphatic rings. The largest absolute Gasteiger partial charge is 0.393 e. The minimum atomic E-state index is -1.42. The maximum absolute atomic E-state index is 13.1. The van der Waals surface area contributed by atoms with Crippen LogP contribution in [0.5, 0.6) is 0 Å². The molecule has 0 saturated heterocycles. The first kappa shape index (κ1) is 12.5. The zero-order valence-corrected chi connectivity index (χ0v) is 8.77. The maximum Gasteiger partial charge on any atom is 0.256 e. The number of halogens is 1. The molecule has 0 aliphatic carbocycles. The molecule has 5 nitrogen and oxygen atoms in total. The van der Waals surface area contributed by atoms with Crippen molar-refractivity contribution in [3.8, 4) is 0 Å². The second kappa shape index (κ2) is 5.00. The zero-order chi connectivity index (χ0) is 12.2. The third kappa shape index (κ3) is 3.25. The fourth-order valence-electron chi connectivity index (χ4n) is 0.977. The smallest absolute Gasteiger partial charge is 0.256 e. The average Bonchev–Trinajstić information content (AvgIpc) is 2.27. The lowest BCUT2D eigenvalue weighted by molar-refractivity contribution is 0.00316. The molecule has 1 atom stereocenters. The first-order valence-corrected chi connectivity index (χ1v) is 4.68. The summed E-state index contributed by atoms with van der Waals surface area (Å²) in [6.07, 6.45) is 1.23. The van der Waals surface area contributed by atoms with Gasteiger partial charge in [-0.15, -0.1) is 0 Å². The van der Waals surface area contributed by atoms with Crippen LogP contribution < -0.4 is 5.32 Å². The number of nitrogens with one attached hydrogen (secondary N) is 1. The van der Waals surface area contributed by atoms with Crippen LogP contribution in [0.25, 0.3) is 0 Å². The molecule has 1 aromatic rings. The highest BCUT2D eigenvalue weighted by atomic mass is 19.1. The number of carbonyl (C=O) groups is 1. The molecule has 0 aromatic carbocycles. The Bertz CT molecular complexity index is 382. The number of aromatic nitrogens is 1. The highest BCUT2D eigenvalue weighted by Crippen LogP contribution is 2.04. The Kier molecular flexibility index (Phi) is 3.92. The van der Waals surface area contributed by atoms with Crippen LogP contribution in [0.2, 0.25) is 0 Å². The molecule has 1 heterocycles. The Morgan fingerprint density at radius 1 is 1.69 bits per heavy atom. The third-order valence-corrected chi connectivity index (χ3v) is 1.97. The van der Waals surface area contributed by atoms with E-state index < -0.39 is 24.1 Å². The van der Waals surface area contributed by atoms with Crippen LogP contribution in [-0.4, -0.2) is 39.9 Å². The molecule has 1 aromatic heterocycles. The molecule has 88 valence electrons. The van der Waals surface area contributed by atoms with Gasteiger partial charge >= 0.3 is 0 Å². The van der Waals surface area contributed by atoms with Crippen molar-refractivity contribution in [2.24, 2.45) is 0 Å². The van der Waals surface area contributed by atoms with Crippen LogP contribution in [0.1, 0.15) is 17.3 Å². The summed E-state index contributed by atoms with van der Waals surface area (Å²) in [7, 11) is 0. The van der Waals surface area contributed by atoms with Gasteiger partial charge in [0.1, 0.15) is 5.60 Å². The van der Waals surface area contributed by atoms with Crippen LogP contribution >= 0.6 is 0 Å². The number of amides is 1. The van der Waals surface area contributed by atoms with Crippen molar-refractivity contribution in [1.29, 1.82) is 0 Å². The van der Waals surface area contributed by atoms with Crippen molar-refractivity contribution in [2.45, 2.75) is 12.5 Å². The van der Waals surface area contributed by atoms with E-state index in [-0.39, 0.29) is 12.1 Å². The standard InChI is InChI=1S/C10H13FN2O3/c1-10(16,6-14)5-13-9(15)7-3-2-4-12-8(7)11/h2-4,14,16H,5-6H2,1H3,(H,13,15). The lowest BCUT2D eigenvalue weighted by Gasteiger charge is -2.20. The normalized spacial score (nSPS) is 14.2. The molecule has 16 heavy (non-hydrogen) atoms. The molecule has 0 bridgehead atoms. The molecule has 0 fully saturated rings. The van der Waals surface area contributed by atoms with E-state index in [1.807, 2.05) is 0 Å². The van der Waals surface area contributed by atoms with Gasteiger partial charge in [0.15, 0.2) is 0 Å². The van der Waals surface area contributed by atoms with Crippen LogP contribution in [0.15, 0.2) is 18.3 Å². The third-order valence-electron chi connectivity index (χ3n) is 1.97. The van der Waals surface area contributed by atoms with Gasteiger partial charge in [0, 0.05) is 12.7 Å². The summed E-state index contributed by atoms with van der Waals surface area (Å²) >= 11 is 0. The second-order valence-corrected chi connectivity index (χ2v) is 3.68. The van der Waals surface area contributed by atoms with Crippen LogP contribution in [0.3, 0.4) is 0 Å². The van der Waals surface area contributed by atoms with Crippen molar-refractivity contribution in [2.75, 3.05) is 13.2 Å². The number of hydrogen-bond donors (Lipinski definition) is 3. The Morgan fingerprint density at radius 3 is 2.94 bits per heavy atom. The van der Waals surface area contributed by atoms with Crippen molar-refractivity contribution in [1.82, 2.24) is 10.3 Å². The average molecular weight is 228 g/mol. The maximum atomic E-state index is 13.1. The predicted octanol–water partition coefficient (Wildman–Crippen LogP) is -0.306. The summed E-state index contributed by atoms with van der Waals surface area (Å²) in [5, 5.41) is 20.5. The minimum absolute atomic E-state index is 0.170. The number of hydrogen-bond acceptors (Lipinski definition) is 4. The van der Waals surface area contributed by atoms with E-state index >= 15 is 0 Å². The lowest BCUT2D eigenvalue weighted by atomic mass is 10.1. The number of aliphatic hydroxyl groups is 2. The first-order valence-electron chi connectivity index (χ1n) is 4.68. The highest BCUT2D eigenvalue weighted by Gasteiger charge is 2.21. The summed E-state index contributed by atoms with van der Waals surface area (Å²) in [6, 6.07) is 2.72. The van der Waals surface area contributed by atoms with Gasteiger partial charge in [0.2, 0.25) is 5.95 Å². The van der Waals surface area contributed by atoms with Crippen molar-refractivity contribution in [3.63, 3.8) is 0 Å². The number of pyridine rings is 1. The Morgan fingerprint density at radius 2 is 2.38 bits per heavy atom. The van der Waals surface area contributed by atoms with Gasteiger partial charge < -0.3 is 15.5 Å². The summed E-state index contributed by atoms with van der Waals surface area (Å²) < 4.78 is 13.1. The van der Waals surface area contributed by atoms with E-state index in [1.165, 1.54) is 25.3 Å². The fraction of sp³-hybridized carbons (Fsp3) is 0.400. The van der Waals surface area contributed by atoms with Crippen LogP contribution in [0, 0.1) is 5.95 Å². The molecule has 6 heteroatoms. The topological polar surface area (TPSA) is 82.5 Å². The monoisotopic (exact) mass is 228 g/mol. The predicted molar refractivity (Wildman–Crippen MR) is 54.2 cm³/mol. The van der Waals surface area contributed by atoms with Gasteiger partial charge in [-0.05, 0) is 19.1 Å². The quantitative estimate of drug-likeness (QED) is 0.617. The molecule has 0 aliphatic heterocycles. The number of rotatable bonds is 4. The molecule has 1 unspecified atom stereocenters. The number of aliphatic hydroxyl groups excluding tert-OH is 1. The molecule has 0 radical (unpaired) electrons. The zero-order valence-electron chi connectivity index (χ0n) is 8.77. The minimum Gasteiger partial charge on any atom is -0.393 e. The van der Waals surface area contributed by atoms with Gasteiger partial charge in [-0.1, -0.05) is 0 Å². The van der Waals surface area contributed by atoms with Gasteiger partial charge in [-0.3, -0.25) is 4.79 Å². The summed E-state index contributed by atoms with van der Waals surface area (Å²) in [5.74, 6) is -1.55. The molecule has 3 N–H and O–H groups in total. The van der Waals surface area contributed by atoms with Crippen molar-refractivity contribution >= 4 is 5.91 Å². The number of nitrogens with zero attached hydrogens (tertiary/aromatic N) is 1. The summed E-state index contributed by atoms with van der Waals surface area (Å²) in [6.45, 7) is 0.687. The fourth-order valence-corrected chi connectivity index (χ4v) is 0.977. The van der Waals surface area contributed by atoms with E-state index in [1.54, 1.807) is 0 Å². The van der Waals surface area contributed by atoms with Gasteiger partial charge in [0.05, 0.1) is 12.2 Å². The van der Waals surface area contributed by atoms with Crippen molar-refractivity contribution < 1.29 is 19.4 Å². The molecule has 0 spiro atoms. The summed E-state index contributed by atoms with van der Waals surface area (Å²) in [5.41, 5.74) is -1.62. The highest BCUT2D eigenvalue weighted by molar-refractivity contribution is 5.94. The Labute approximate surface area is 91.9 Å².